The molecule has 6 rings (SSSR count). The molecule has 0 bridgehead atoms. The van der Waals surface area contributed by atoms with E-state index in [0.717, 1.165) is 49.8 Å². The van der Waals surface area contributed by atoms with Crippen LogP contribution in [0.25, 0.3) is 32.0 Å². The Morgan fingerprint density at radius 2 is 1.40 bits per heavy atom. The predicted molar refractivity (Wildman–Crippen MR) is 145 cm³/mol. The molecule has 0 amide bonds. The number of carbonyl (C=O) groups is 1. The molecule has 0 atom stereocenters. The van der Waals surface area contributed by atoms with Gasteiger partial charge in [0.1, 0.15) is 17.6 Å². The maximum atomic E-state index is 11.1. The van der Waals surface area contributed by atoms with Crippen LogP contribution in [-0.2, 0) is 0 Å². The predicted octanol–water partition coefficient (Wildman–Crippen LogP) is 9.11. The second-order valence-electron chi connectivity index (χ2n) is 8.16. The van der Waals surface area contributed by atoms with E-state index in [2.05, 4.69) is 35.2 Å². The number of carbonyl (C=O) groups excluding carboxylic acids is 1. The van der Waals surface area contributed by atoms with Gasteiger partial charge in [0.2, 0.25) is 0 Å². The van der Waals surface area contributed by atoms with Crippen LogP contribution in [0, 0.1) is 0 Å². The first-order valence-electron chi connectivity index (χ1n) is 11.8. The van der Waals surface area contributed by atoms with Crippen molar-refractivity contribution in [2.24, 2.45) is 0 Å². The molecule has 0 fully saturated rings. The molecule has 6 aromatic rings. The highest BCUT2D eigenvalue weighted by Crippen LogP contribution is 2.39. The highest BCUT2D eigenvalue weighted by atomic mass is 32.1. The first kappa shape index (κ1) is 20.0. The van der Waals surface area contributed by atoms with E-state index in [1.54, 1.807) is 23.5 Å². The Kier molecular flexibility index (Phi) is 5.19. The quantitative estimate of drug-likeness (QED) is 0.227. The van der Waals surface area contributed by atoms with Crippen molar-refractivity contribution >= 4 is 45.7 Å². The molecule has 0 saturated heterocycles. The molecule has 0 saturated carbocycles. The normalized spacial score (nSPS) is 11.4. The summed E-state index contributed by atoms with van der Waals surface area (Å²) in [5, 5.41) is 0.956. The number of fused-ring (bicyclic) bond motifs is 1. The number of hydrogen-bond donors (Lipinski definition) is 0. The van der Waals surface area contributed by atoms with Crippen molar-refractivity contribution in [3.8, 4) is 21.1 Å². The van der Waals surface area contributed by atoms with Gasteiger partial charge < -0.3 is 9.32 Å². The van der Waals surface area contributed by atoms with Crippen molar-refractivity contribution < 1.29 is 10.6 Å². The smallest absolute Gasteiger partial charge is 0.150 e. The van der Waals surface area contributed by atoms with Gasteiger partial charge >= 0.3 is 0 Å². The molecule has 3 nitrogen and oxygen atoms in total. The van der Waals surface area contributed by atoms with Crippen molar-refractivity contribution in [2.45, 2.75) is 0 Å². The molecule has 4 aromatic carbocycles. The fourth-order valence-corrected chi connectivity index (χ4v) is 5.12. The lowest BCUT2D eigenvalue weighted by atomic mass is 10.1. The number of furan rings is 1. The zero-order valence-corrected chi connectivity index (χ0v) is 19.5. The van der Waals surface area contributed by atoms with Crippen molar-refractivity contribution in [2.75, 3.05) is 4.90 Å². The Labute approximate surface area is 208 Å². The first-order chi connectivity index (χ1) is 17.7. The Morgan fingerprint density at radius 1 is 0.714 bits per heavy atom. The van der Waals surface area contributed by atoms with E-state index >= 15 is 0 Å². The molecule has 0 aliphatic rings. The lowest BCUT2D eigenvalue weighted by Gasteiger charge is -2.25. The number of thiophene rings is 1. The van der Waals surface area contributed by atoms with Gasteiger partial charge in [-0.1, -0.05) is 60.6 Å². The van der Waals surface area contributed by atoms with Crippen molar-refractivity contribution in [3.63, 3.8) is 0 Å². The zero-order chi connectivity index (χ0) is 24.5. The minimum absolute atomic E-state index is 0.456. The van der Waals surface area contributed by atoms with E-state index in [1.165, 1.54) is 0 Å². The monoisotopic (exact) mass is 472 g/mol. The van der Waals surface area contributed by atoms with Crippen LogP contribution in [0.3, 0.4) is 0 Å². The van der Waals surface area contributed by atoms with Gasteiger partial charge in [0, 0.05) is 32.9 Å². The summed E-state index contributed by atoms with van der Waals surface area (Å²) in [7, 11) is 0. The highest BCUT2D eigenvalue weighted by molar-refractivity contribution is 7.18. The third-order valence-electron chi connectivity index (χ3n) is 5.88. The van der Waals surface area contributed by atoms with Gasteiger partial charge in [-0.2, -0.15) is 0 Å². The van der Waals surface area contributed by atoms with Crippen molar-refractivity contribution in [1.82, 2.24) is 0 Å². The lowest BCUT2D eigenvalue weighted by molar-refractivity contribution is 0.112. The molecule has 2 heterocycles. The standard InChI is InChI=1S/C31H21NO2S/c33-21-22-11-12-24-20-29(34-28(24)19-22)31-18-17-30(35-31)23-13-15-27(16-14-23)32(25-7-3-1-4-8-25)26-9-5-2-6-10-26/h1-21H/i13D. The summed E-state index contributed by atoms with van der Waals surface area (Å²) in [5.74, 6) is 0.756. The largest absolute Gasteiger partial charge is 0.455 e. The highest BCUT2D eigenvalue weighted by Gasteiger charge is 2.14. The number of aldehydes is 1. The number of para-hydroxylation sites is 2. The third-order valence-corrected chi connectivity index (χ3v) is 7.01. The van der Waals surface area contributed by atoms with Crippen molar-refractivity contribution in [1.29, 1.82) is 0 Å². The third kappa shape index (κ3) is 4.16. The van der Waals surface area contributed by atoms with Gasteiger partial charge in [-0.25, -0.2) is 0 Å². The zero-order valence-electron chi connectivity index (χ0n) is 19.7. The Bertz CT molecular complexity index is 1630. The summed E-state index contributed by atoms with van der Waals surface area (Å²) >= 11 is 1.59. The fourth-order valence-electron chi connectivity index (χ4n) is 4.17. The number of rotatable bonds is 6. The molecule has 0 unspecified atom stereocenters. The maximum Gasteiger partial charge on any atom is 0.150 e. The molecular weight excluding hydrogens is 450 g/mol. The molecule has 0 N–H and O–H groups in total. The van der Waals surface area contributed by atoms with Crippen LogP contribution in [0.5, 0.6) is 0 Å². The molecule has 0 spiro atoms. The number of hydrogen-bond acceptors (Lipinski definition) is 4. The fraction of sp³-hybridized carbons (Fsp3) is 0. The summed E-state index contributed by atoms with van der Waals surface area (Å²) in [5.41, 5.74) is 5.16. The minimum atomic E-state index is 0.456. The molecule has 168 valence electrons. The summed E-state index contributed by atoms with van der Waals surface area (Å²) in [6, 6.07) is 38.3. The van der Waals surface area contributed by atoms with Crippen LogP contribution in [-0.4, -0.2) is 6.29 Å². The van der Waals surface area contributed by atoms with E-state index in [-0.39, 0.29) is 0 Å². The van der Waals surface area contributed by atoms with E-state index in [0.29, 0.717) is 17.2 Å². The van der Waals surface area contributed by atoms with Gasteiger partial charge in [-0.15, -0.1) is 11.3 Å². The number of nitrogens with zero attached hydrogens (tertiary/aromatic N) is 1. The minimum Gasteiger partial charge on any atom is -0.455 e. The van der Waals surface area contributed by atoms with Crippen LogP contribution >= 0.6 is 11.3 Å². The molecule has 0 radical (unpaired) electrons. The molecule has 0 aliphatic heterocycles. The second kappa shape index (κ2) is 9.09. The van der Waals surface area contributed by atoms with Crippen molar-refractivity contribution in [3.05, 3.63) is 127 Å². The maximum absolute atomic E-state index is 11.1. The van der Waals surface area contributed by atoms with Gasteiger partial charge in [0.25, 0.3) is 0 Å². The Morgan fingerprint density at radius 3 is 2.09 bits per heavy atom. The summed E-state index contributed by atoms with van der Waals surface area (Å²) in [4.78, 5) is 15.2. The molecule has 2 aromatic heterocycles. The van der Waals surface area contributed by atoms with Crippen LogP contribution in [0.1, 0.15) is 11.7 Å². The van der Waals surface area contributed by atoms with Crippen LogP contribution < -0.4 is 4.90 Å². The first-order valence-corrected chi connectivity index (χ1v) is 12.1. The molecular formula is C31H21NO2S. The second-order valence-corrected chi connectivity index (χ2v) is 9.24. The number of benzene rings is 4. The summed E-state index contributed by atoms with van der Waals surface area (Å²) in [6.07, 6.45) is 0.820. The summed E-state index contributed by atoms with van der Waals surface area (Å²) in [6.45, 7) is 0. The molecule has 0 aliphatic carbocycles. The number of anilines is 3. The topological polar surface area (TPSA) is 33.5 Å². The average Bonchev–Trinajstić information content (AvgIpc) is 3.57. The molecule has 4 heteroatoms. The van der Waals surface area contributed by atoms with Crippen LogP contribution in [0.15, 0.2) is 126 Å². The van der Waals surface area contributed by atoms with Gasteiger partial charge in [0.05, 0.1) is 6.25 Å². The van der Waals surface area contributed by atoms with E-state index in [1.807, 2.05) is 72.8 Å². The van der Waals surface area contributed by atoms with E-state index in [9.17, 15) is 4.79 Å². The van der Waals surface area contributed by atoms with Crippen LogP contribution in [0.2, 0.25) is 0 Å². The van der Waals surface area contributed by atoms with Crippen LogP contribution in [0.4, 0.5) is 17.1 Å². The van der Waals surface area contributed by atoms with E-state index in [4.69, 9.17) is 5.79 Å². The Balaban J connectivity index is 1.35. The van der Waals surface area contributed by atoms with E-state index < -0.39 is 0 Å². The van der Waals surface area contributed by atoms with Gasteiger partial charge in [0.15, 0.2) is 0 Å². The summed E-state index contributed by atoms with van der Waals surface area (Å²) < 4.78 is 14.9. The lowest BCUT2D eigenvalue weighted by Crippen LogP contribution is -2.09. The van der Waals surface area contributed by atoms with Gasteiger partial charge in [-0.3, -0.25) is 4.79 Å². The Hall–Kier alpha value is -4.41. The SMILES string of the molecule is [2H]c1cc(N(c2ccccc2)c2ccccc2)ccc1-c1ccc(-c2cc3ccc(C=O)cc3o2)s1. The van der Waals surface area contributed by atoms with Gasteiger partial charge in [-0.05, 0) is 66.2 Å². The molecule has 35 heavy (non-hydrogen) atoms. The average molecular weight is 473 g/mol.